The molecule has 3 heteroatoms. The van der Waals surface area contributed by atoms with Crippen molar-refractivity contribution in [3.05, 3.63) is 29.6 Å². The Kier molecular flexibility index (Phi) is 2.42. The van der Waals surface area contributed by atoms with E-state index in [1.807, 2.05) is 13.0 Å². The smallest absolute Gasteiger partial charge is 0.172 e. The Labute approximate surface area is 67.1 Å². The van der Waals surface area contributed by atoms with Gasteiger partial charge in [-0.15, -0.1) is 0 Å². The summed E-state index contributed by atoms with van der Waals surface area (Å²) in [5.74, 6) is -0.120. The van der Waals surface area contributed by atoms with Gasteiger partial charge in [-0.05, 0) is 24.9 Å². The SMILES string of the molecule is [B]CC(=O)c1ccc(C)cn1. The highest BCUT2D eigenvalue weighted by molar-refractivity contribution is 6.23. The minimum absolute atomic E-state index is 0.0239. The molecule has 0 N–H and O–H groups in total. The number of rotatable bonds is 2. The molecule has 1 aromatic heterocycles. The number of pyridine rings is 1. The second-order valence-corrected chi connectivity index (χ2v) is 2.35. The van der Waals surface area contributed by atoms with Crippen LogP contribution in [0.1, 0.15) is 16.1 Å². The molecule has 1 heterocycles. The van der Waals surface area contributed by atoms with Gasteiger partial charge in [0.25, 0.3) is 0 Å². The maximum absolute atomic E-state index is 10.9. The molecule has 0 atom stereocenters. The van der Waals surface area contributed by atoms with E-state index in [0.717, 1.165) is 5.56 Å². The fraction of sp³-hybridized carbons (Fsp3) is 0.250. The van der Waals surface area contributed by atoms with Crippen LogP contribution in [0.4, 0.5) is 0 Å². The zero-order valence-corrected chi connectivity index (χ0v) is 6.37. The van der Waals surface area contributed by atoms with Gasteiger partial charge in [0.2, 0.25) is 0 Å². The van der Waals surface area contributed by atoms with Gasteiger partial charge in [-0.3, -0.25) is 9.78 Å². The Bertz CT molecular complexity index is 255. The molecule has 0 amide bonds. The Morgan fingerprint density at radius 2 is 2.36 bits per heavy atom. The topological polar surface area (TPSA) is 30.0 Å². The van der Waals surface area contributed by atoms with Crippen LogP contribution in [0.15, 0.2) is 18.3 Å². The lowest BCUT2D eigenvalue weighted by atomic mass is 9.99. The van der Waals surface area contributed by atoms with Gasteiger partial charge in [0, 0.05) is 6.20 Å². The van der Waals surface area contributed by atoms with Gasteiger partial charge in [-0.2, -0.15) is 0 Å². The molecular weight excluding hydrogens is 137 g/mol. The number of carbonyl (C=O) groups is 1. The maximum atomic E-state index is 10.9. The van der Waals surface area contributed by atoms with Crippen LogP contribution < -0.4 is 0 Å². The van der Waals surface area contributed by atoms with E-state index in [-0.39, 0.29) is 12.1 Å². The molecule has 0 saturated heterocycles. The molecule has 2 radical (unpaired) electrons. The zero-order valence-electron chi connectivity index (χ0n) is 6.37. The summed E-state index contributed by atoms with van der Waals surface area (Å²) in [7, 11) is 5.15. The van der Waals surface area contributed by atoms with Crippen LogP contribution in [-0.4, -0.2) is 18.6 Å². The Morgan fingerprint density at radius 3 is 2.82 bits per heavy atom. The second kappa shape index (κ2) is 3.33. The molecule has 1 aromatic rings. The van der Waals surface area contributed by atoms with Gasteiger partial charge in [0.05, 0.1) is 7.85 Å². The van der Waals surface area contributed by atoms with Crippen molar-refractivity contribution < 1.29 is 4.79 Å². The van der Waals surface area contributed by atoms with Gasteiger partial charge in [-0.1, -0.05) is 6.07 Å². The number of hydrogen-bond acceptors (Lipinski definition) is 2. The molecule has 0 fully saturated rings. The summed E-state index contributed by atoms with van der Waals surface area (Å²) in [4.78, 5) is 14.9. The van der Waals surface area contributed by atoms with Crippen molar-refractivity contribution in [3.8, 4) is 0 Å². The molecule has 11 heavy (non-hydrogen) atoms. The van der Waals surface area contributed by atoms with E-state index >= 15 is 0 Å². The third-order valence-electron chi connectivity index (χ3n) is 1.38. The zero-order chi connectivity index (χ0) is 8.27. The molecule has 0 aliphatic carbocycles. The van der Waals surface area contributed by atoms with Crippen LogP contribution in [0.25, 0.3) is 0 Å². The number of aryl methyl sites for hydroxylation is 1. The molecule has 0 aromatic carbocycles. The molecule has 0 bridgehead atoms. The third-order valence-corrected chi connectivity index (χ3v) is 1.38. The highest BCUT2D eigenvalue weighted by Crippen LogP contribution is 2.00. The van der Waals surface area contributed by atoms with Crippen LogP contribution in [0, 0.1) is 6.92 Å². The van der Waals surface area contributed by atoms with E-state index < -0.39 is 0 Å². The van der Waals surface area contributed by atoms with Gasteiger partial charge in [0.1, 0.15) is 5.69 Å². The summed E-state index contributed by atoms with van der Waals surface area (Å²) < 4.78 is 0. The van der Waals surface area contributed by atoms with E-state index in [1.54, 1.807) is 12.3 Å². The maximum Gasteiger partial charge on any atom is 0.172 e. The average Bonchev–Trinajstić information content (AvgIpc) is 2.05. The van der Waals surface area contributed by atoms with Gasteiger partial charge in [0.15, 0.2) is 5.78 Å². The van der Waals surface area contributed by atoms with Gasteiger partial charge in [-0.25, -0.2) is 0 Å². The van der Waals surface area contributed by atoms with Crippen molar-refractivity contribution in [2.45, 2.75) is 13.2 Å². The van der Waals surface area contributed by atoms with Gasteiger partial charge >= 0.3 is 0 Å². The number of nitrogens with zero attached hydrogens (tertiary/aromatic N) is 1. The second-order valence-electron chi connectivity index (χ2n) is 2.35. The summed E-state index contributed by atoms with van der Waals surface area (Å²) in [5.41, 5.74) is 1.48. The summed E-state index contributed by atoms with van der Waals surface area (Å²) in [6.45, 7) is 1.92. The van der Waals surface area contributed by atoms with Crippen molar-refractivity contribution >= 4 is 13.6 Å². The van der Waals surface area contributed by atoms with Crippen LogP contribution >= 0.6 is 0 Å². The van der Waals surface area contributed by atoms with Crippen molar-refractivity contribution in [2.24, 2.45) is 0 Å². The van der Waals surface area contributed by atoms with E-state index in [2.05, 4.69) is 4.98 Å². The average molecular weight is 145 g/mol. The summed E-state index contributed by atoms with van der Waals surface area (Å²) >= 11 is 0. The van der Waals surface area contributed by atoms with Crippen LogP contribution in [0.5, 0.6) is 0 Å². The van der Waals surface area contributed by atoms with Crippen LogP contribution in [-0.2, 0) is 0 Å². The molecule has 54 valence electrons. The fourth-order valence-corrected chi connectivity index (χ4v) is 0.737. The molecule has 0 aliphatic heterocycles. The van der Waals surface area contributed by atoms with E-state index in [4.69, 9.17) is 7.85 Å². The number of aromatic nitrogens is 1. The first-order chi connectivity index (χ1) is 5.24. The first kappa shape index (κ1) is 7.99. The number of carbonyl (C=O) groups excluding carboxylic acids is 1. The van der Waals surface area contributed by atoms with Crippen molar-refractivity contribution in [3.63, 3.8) is 0 Å². The predicted octanol–water partition coefficient (Wildman–Crippen LogP) is 1.16. The molecule has 0 spiro atoms. The minimum Gasteiger partial charge on any atom is -0.293 e. The van der Waals surface area contributed by atoms with Crippen LogP contribution in [0.2, 0.25) is 6.32 Å². The third kappa shape index (κ3) is 1.90. The quantitative estimate of drug-likeness (QED) is 0.461. The highest BCUT2D eigenvalue weighted by atomic mass is 16.1. The first-order valence-electron chi connectivity index (χ1n) is 3.40. The first-order valence-corrected chi connectivity index (χ1v) is 3.40. The van der Waals surface area contributed by atoms with Crippen molar-refractivity contribution in [2.75, 3.05) is 0 Å². The Morgan fingerprint density at radius 1 is 1.64 bits per heavy atom. The summed E-state index contributed by atoms with van der Waals surface area (Å²) in [6.07, 6.45) is 1.68. The number of Topliss-reactive ketones (excluding diaryl/α,β-unsaturated/α-hetero) is 1. The fourth-order valence-electron chi connectivity index (χ4n) is 0.737. The van der Waals surface area contributed by atoms with E-state index in [9.17, 15) is 4.79 Å². The Balaban J connectivity index is 2.90. The van der Waals surface area contributed by atoms with Gasteiger partial charge < -0.3 is 0 Å². The molecule has 0 saturated carbocycles. The normalized spacial score (nSPS) is 9.55. The Hall–Kier alpha value is -1.12. The predicted molar refractivity (Wildman–Crippen MR) is 43.9 cm³/mol. The van der Waals surface area contributed by atoms with Crippen molar-refractivity contribution in [1.29, 1.82) is 0 Å². The minimum atomic E-state index is -0.120. The highest BCUT2D eigenvalue weighted by Gasteiger charge is 2.01. The van der Waals surface area contributed by atoms with E-state index in [1.165, 1.54) is 0 Å². The monoisotopic (exact) mass is 145 g/mol. The van der Waals surface area contributed by atoms with Crippen LogP contribution in [0.3, 0.4) is 0 Å². The number of ketones is 1. The molecular formula is C8H8BNO. The van der Waals surface area contributed by atoms with Crippen molar-refractivity contribution in [1.82, 2.24) is 4.98 Å². The lowest BCUT2D eigenvalue weighted by molar-refractivity contribution is 0.101. The largest absolute Gasteiger partial charge is 0.293 e. The standard InChI is InChI=1S/C8H8BNO/c1-6-2-3-7(10-5-6)8(11)4-9/h2-3,5H,4H2,1H3. The molecule has 1 rings (SSSR count). The lowest BCUT2D eigenvalue weighted by Crippen LogP contribution is -2.00. The summed E-state index contributed by atoms with van der Waals surface area (Å²) in [6, 6.07) is 3.53. The lowest BCUT2D eigenvalue weighted by Gasteiger charge is -1.95. The molecule has 2 nitrogen and oxygen atoms in total. The molecule has 0 aliphatic rings. The molecule has 0 unspecified atom stereocenters. The summed E-state index contributed by atoms with van der Waals surface area (Å²) in [5, 5.41) is 0. The van der Waals surface area contributed by atoms with E-state index in [0.29, 0.717) is 5.69 Å². The number of hydrogen-bond donors (Lipinski definition) is 0.